The van der Waals surface area contributed by atoms with E-state index in [4.69, 9.17) is 11.1 Å². The summed E-state index contributed by atoms with van der Waals surface area (Å²) in [6, 6.07) is 6.49. The van der Waals surface area contributed by atoms with Crippen LogP contribution in [-0.4, -0.2) is 39.9 Å². The number of nitrogens with two attached hydrogens (primary N) is 1. The monoisotopic (exact) mass is 387 g/mol. The van der Waals surface area contributed by atoms with Crippen LogP contribution in [0, 0.1) is 17.2 Å². The highest BCUT2D eigenvalue weighted by Crippen LogP contribution is 2.45. The van der Waals surface area contributed by atoms with E-state index in [0.717, 1.165) is 0 Å². The molecule has 1 fully saturated rings. The molecule has 7 nitrogen and oxygen atoms in total. The van der Waals surface area contributed by atoms with Gasteiger partial charge < -0.3 is 21.3 Å². The fraction of sp³-hybridized carbons (Fsp3) is 0.476. The quantitative estimate of drug-likeness (QED) is 0.275. The second-order valence-corrected chi connectivity index (χ2v) is 7.89. The highest BCUT2D eigenvalue weighted by atomic mass is 16.4. The second kappa shape index (κ2) is 8.24. The molecule has 0 bridgehead atoms. The Kier molecular flexibility index (Phi) is 6.41. The topological polar surface area (TPSA) is 136 Å². The average Bonchev–Trinajstić information content (AvgIpc) is 2.62. The van der Waals surface area contributed by atoms with Crippen LogP contribution in [-0.2, 0) is 15.2 Å². The van der Waals surface area contributed by atoms with Crippen LogP contribution in [0.15, 0.2) is 36.4 Å². The molecule has 0 aliphatic carbocycles. The van der Waals surface area contributed by atoms with E-state index >= 15 is 0 Å². The summed E-state index contributed by atoms with van der Waals surface area (Å²) in [5, 5.41) is 31.8. The van der Waals surface area contributed by atoms with Gasteiger partial charge in [0.2, 0.25) is 0 Å². The first-order chi connectivity index (χ1) is 13.0. The maximum Gasteiger partial charge on any atom is 0.303 e. The molecule has 1 aromatic carbocycles. The lowest BCUT2D eigenvalue weighted by Crippen LogP contribution is -2.66. The summed E-state index contributed by atoms with van der Waals surface area (Å²) in [7, 11) is 0. The number of aliphatic hydroxyl groups is 1. The minimum atomic E-state index is -1.55. The zero-order valence-electron chi connectivity index (χ0n) is 16.5. The van der Waals surface area contributed by atoms with Crippen molar-refractivity contribution in [2.24, 2.45) is 17.6 Å². The summed E-state index contributed by atoms with van der Waals surface area (Å²) < 4.78 is 0. The van der Waals surface area contributed by atoms with Crippen LogP contribution in [0.5, 0.6) is 0 Å². The maximum atomic E-state index is 13.0. The van der Waals surface area contributed by atoms with Crippen molar-refractivity contribution >= 4 is 17.6 Å². The number of hydrogen-bond donors (Lipinski definition) is 5. The summed E-state index contributed by atoms with van der Waals surface area (Å²) in [6.45, 7) is 5.72. The van der Waals surface area contributed by atoms with Gasteiger partial charge in [-0.3, -0.25) is 15.0 Å². The normalized spacial score (nSPS) is 26.9. The largest absolute Gasteiger partial charge is 0.481 e. The maximum absolute atomic E-state index is 13.0. The van der Waals surface area contributed by atoms with Crippen molar-refractivity contribution in [3.63, 3.8) is 0 Å². The van der Waals surface area contributed by atoms with Gasteiger partial charge in [0.1, 0.15) is 11.4 Å². The van der Waals surface area contributed by atoms with Crippen molar-refractivity contribution in [2.45, 2.75) is 44.8 Å². The van der Waals surface area contributed by atoms with E-state index in [1.54, 1.807) is 30.3 Å². The number of piperidine rings is 1. The van der Waals surface area contributed by atoms with Crippen molar-refractivity contribution in [1.29, 1.82) is 5.41 Å². The molecule has 1 aliphatic heterocycles. The number of rotatable bonds is 7. The van der Waals surface area contributed by atoms with E-state index in [1.165, 1.54) is 6.08 Å². The minimum absolute atomic E-state index is 0.0960. The van der Waals surface area contributed by atoms with Crippen LogP contribution in [0.4, 0.5) is 0 Å². The standard InChI is InChI=1S/C21H29N3O4/c1-4-5-6-16(25)18-15(11-17(26)27)21(28,12-24-20(18,2)3)14-9-7-13(8-10-14)19(22)23/h5-10,15,18,24,28H,4,11-12H2,1-3H3,(H3,22,23)(H,26,27). The highest BCUT2D eigenvalue weighted by Gasteiger charge is 2.55. The van der Waals surface area contributed by atoms with Crippen LogP contribution in [0.25, 0.3) is 0 Å². The molecular formula is C21H29N3O4. The Bertz CT molecular complexity index is 785. The molecule has 1 saturated heterocycles. The van der Waals surface area contributed by atoms with E-state index < -0.39 is 28.9 Å². The Morgan fingerprint density at radius 3 is 2.43 bits per heavy atom. The molecule has 3 atom stereocenters. The third-order valence-corrected chi connectivity index (χ3v) is 5.52. The zero-order valence-corrected chi connectivity index (χ0v) is 16.5. The number of nitrogen functional groups attached to an aromatic ring is 1. The van der Waals surface area contributed by atoms with Crippen molar-refractivity contribution in [3.05, 3.63) is 47.5 Å². The molecule has 1 aromatic rings. The lowest BCUT2D eigenvalue weighted by Gasteiger charge is -2.52. The van der Waals surface area contributed by atoms with Crippen LogP contribution in [0.3, 0.4) is 0 Å². The van der Waals surface area contributed by atoms with Crippen molar-refractivity contribution in [3.8, 4) is 0 Å². The van der Waals surface area contributed by atoms with Gasteiger partial charge in [-0.25, -0.2) is 0 Å². The van der Waals surface area contributed by atoms with Crippen molar-refractivity contribution in [1.82, 2.24) is 5.32 Å². The lowest BCUT2D eigenvalue weighted by molar-refractivity contribution is -0.153. The van der Waals surface area contributed by atoms with Gasteiger partial charge in [0.05, 0.1) is 6.42 Å². The van der Waals surface area contributed by atoms with Crippen molar-refractivity contribution in [2.75, 3.05) is 6.54 Å². The van der Waals surface area contributed by atoms with E-state index in [-0.39, 0.29) is 24.6 Å². The molecule has 0 amide bonds. The number of benzene rings is 1. The number of carboxylic acid groups (broad SMARTS) is 1. The van der Waals surface area contributed by atoms with Crippen LogP contribution in [0.1, 0.15) is 44.7 Å². The molecule has 7 heteroatoms. The molecular weight excluding hydrogens is 358 g/mol. The molecule has 6 N–H and O–H groups in total. The van der Waals surface area contributed by atoms with Crippen LogP contribution >= 0.6 is 0 Å². The van der Waals surface area contributed by atoms with Gasteiger partial charge in [0.25, 0.3) is 0 Å². The molecule has 3 unspecified atom stereocenters. The summed E-state index contributed by atoms with van der Waals surface area (Å²) >= 11 is 0. The number of ketones is 1. The lowest BCUT2D eigenvalue weighted by atomic mass is 9.61. The zero-order chi connectivity index (χ0) is 21.1. The summed E-state index contributed by atoms with van der Waals surface area (Å²) in [5.41, 5.74) is 4.25. The van der Waals surface area contributed by atoms with E-state index in [0.29, 0.717) is 17.5 Å². The third kappa shape index (κ3) is 4.31. The number of carbonyl (C=O) groups is 2. The summed E-state index contributed by atoms with van der Waals surface area (Å²) in [4.78, 5) is 24.6. The van der Waals surface area contributed by atoms with Crippen molar-refractivity contribution < 1.29 is 19.8 Å². The smallest absolute Gasteiger partial charge is 0.303 e. The molecule has 0 radical (unpaired) electrons. The number of nitrogens with one attached hydrogen (secondary N) is 2. The van der Waals surface area contributed by atoms with Gasteiger partial charge in [0, 0.05) is 29.5 Å². The third-order valence-electron chi connectivity index (χ3n) is 5.52. The number of hydrogen-bond acceptors (Lipinski definition) is 5. The predicted molar refractivity (Wildman–Crippen MR) is 107 cm³/mol. The van der Waals surface area contributed by atoms with Gasteiger partial charge >= 0.3 is 5.97 Å². The van der Waals surface area contributed by atoms with Crippen LogP contribution in [0.2, 0.25) is 0 Å². The minimum Gasteiger partial charge on any atom is -0.481 e. The van der Waals surface area contributed by atoms with E-state index in [1.807, 2.05) is 20.8 Å². The molecule has 0 spiro atoms. The molecule has 152 valence electrons. The number of aliphatic carboxylic acids is 1. The second-order valence-electron chi connectivity index (χ2n) is 7.89. The molecule has 1 aliphatic rings. The predicted octanol–water partition coefficient (Wildman–Crippen LogP) is 1.78. The summed E-state index contributed by atoms with van der Waals surface area (Å²) in [6.07, 6.45) is 3.57. The van der Waals surface area contributed by atoms with Gasteiger partial charge in [-0.15, -0.1) is 0 Å². The highest BCUT2D eigenvalue weighted by molar-refractivity contribution is 5.95. The number of allylic oxidation sites excluding steroid dienone is 2. The first kappa shape index (κ1) is 21.8. The SMILES string of the molecule is CCC=CC(=O)C1C(CC(=O)O)C(O)(c2ccc(C(=N)N)cc2)CNC1(C)C. The summed E-state index contributed by atoms with van der Waals surface area (Å²) in [5.74, 6) is -2.92. The Morgan fingerprint density at radius 2 is 1.93 bits per heavy atom. The molecule has 28 heavy (non-hydrogen) atoms. The Hall–Kier alpha value is -2.51. The average molecular weight is 387 g/mol. The van der Waals surface area contributed by atoms with Gasteiger partial charge in [-0.05, 0) is 31.9 Å². The first-order valence-corrected chi connectivity index (χ1v) is 9.37. The molecule has 0 aromatic heterocycles. The first-order valence-electron chi connectivity index (χ1n) is 9.37. The number of β-amino-alcohol motifs (C(OH)–C–C–N with tert-alkyl or cyclic N) is 1. The fourth-order valence-corrected chi connectivity index (χ4v) is 4.00. The van der Waals surface area contributed by atoms with E-state index in [9.17, 15) is 19.8 Å². The number of carboxylic acids is 1. The fourth-order valence-electron chi connectivity index (χ4n) is 4.00. The van der Waals surface area contributed by atoms with Gasteiger partial charge in [0.15, 0.2) is 5.78 Å². The molecule has 0 saturated carbocycles. The Morgan fingerprint density at radius 1 is 1.32 bits per heavy atom. The molecule has 1 heterocycles. The van der Waals surface area contributed by atoms with E-state index in [2.05, 4.69) is 5.32 Å². The number of amidine groups is 1. The van der Waals surface area contributed by atoms with Crippen LogP contribution < -0.4 is 11.1 Å². The molecule has 2 rings (SSSR count). The Labute approximate surface area is 165 Å². The number of carbonyl (C=O) groups excluding carboxylic acids is 1. The van der Waals surface area contributed by atoms with Gasteiger partial charge in [-0.2, -0.15) is 0 Å². The Balaban J connectivity index is 2.55. The van der Waals surface area contributed by atoms with Gasteiger partial charge in [-0.1, -0.05) is 37.3 Å².